The van der Waals surface area contributed by atoms with Gasteiger partial charge in [-0.1, -0.05) is 48.5 Å². The number of hydrogen-bond donors (Lipinski definition) is 2. The molecule has 1 heterocycles. The lowest BCUT2D eigenvalue weighted by Crippen LogP contribution is -2.17. The van der Waals surface area contributed by atoms with Gasteiger partial charge in [0.15, 0.2) is 0 Å². The summed E-state index contributed by atoms with van der Waals surface area (Å²) >= 11 is 0. The van der Waals surface area contributed by atoms with Crippen LogP contribution >= 0.6 is 0 Å². The number of hydrazone groups is 1. The second-order valence-electron chi connectivity index (χ2n) is 5.21. The van der Waals surface area contributed by atoms with E-state index in [4.69, 9.17) is 0 Å². The number of para-hydroxylation sites is 1. The molecule has 2 aromatic carbocycles. The molecule has 23 heavy (non-hydrogen) atoms. The molecule has 2 N–H and O–H groups in total. The lowest BCUT2D eigenvalue weighted by atomic mass is 10.2. The SMILES string of the molecule is Cc1[nH]n(-c2ccccc2)c(=O)c1/C=N/NCc1ccccc1. The van der Waals surface area contributed by atoms with Crippen molar-refractivity contribution in [3.8, 4) is 5.69 Å². The van der Waals surface area contributed by atoms with Gasteiger partial charge in [0.2, 0.25) is 0 Å². The van der Waals surface area contributed by atoms with Gasteiger partial charge in [0.05, 0.1) is 24.0 Å². The summed E-state index contributed by atoms with van der Waals surface area (Å²) in [6.45, 7) is 2.48. The predicted molar refractivity (Wildman–Crippen MR) is 92.0 cm³/mol. The van der Waals surface area contributed by atoms with Crippen LogP contribution < -0.4 is 11.0 Å². The van der Waals surface area contributed by atoms with Crippen LogP contribution in [0.1, 0.15) is 16.8 Å². The molecule has 0 aliphatic rings. The van der Waals surface area contributed by atoms with Crippen LogP contribution in [0.4, 0.5) is 0 Å². The molecule has 0 radical (unpaired) electrons. The van der Waals surface area contributed by atoms with Crippen molar-refractivity contribution < 1.29 is 0 Å². The first-order valence-corrected chi connectivity index (χ1v) is 7.42. The second kappa shape index (κ2) is 6.79. The van der Waals surface area contributed by atoms with Gasteiger partial charge in [0.1, 0.15) is 0 Å². The van der Waals surface area contributed by atoms with Crippen molar-refractivity contribution in [2.24, 2.45) is 5.10 Å². The molecule has 0 amide bonds. The number of nitrogens with one attached hydrogen (secondary N) is 2. The number of aromatic nitrogens is 2. The fourth-order valence-electron chi connectivity index (χ4n) is 2.31. The number of benzene rings is 2. The molecule has 0 unspecified atom stereocenters. The van der Waals surface area contributed by atoms with E-state index in [1.807, 2.05) is 67.6 Å². The maximum Gasteiger partial charge on any atom is 0.280 e. The molecule has 3 rings (SSSR count). The number of aromatic amines is 1. The van der Waals surface area contributed by atoms with Crippen molar-refractivity contribution in [3.63, 3.8) is 0 Å². The van der Waals surface area contributed by atoms with Gasteiger partial charge in [-0.05, 0) is 24.6 Å². The first-order chi connectivity index (χ1) is 11.3. The Hall–Kier alpha value is -3.08. The summed E-state index contributed by atoms with van der Waals surface area (Å²) in [5, 5.41) is 7.23. The van der Waals surface area contributed by atoms with Crippen LogP contribution in [-0.4, -0.2) is 16.0 Å². The molecule has 0 atom stereocenters. The minimum absolute atomic E-state index is 0.112. The van der Waals surface area contributed by atoms with E-state index >= 15 is 0 Å². The van der Waals surface area contributed by atoms with E-state index in [0.717, 1.165) is 16.9 Å². The van der Waals surface area contributed by atoms with Crippen molar-refractivity contribution in [2.45, 2.75) is 13.5 Å². The zero-order valence-electron chi connectivity index (χ0n) is 12.9. The summed E-state index contributed by atoms with van der Waals surface area (Å²) in [4.78, 5) is 12.5. The summed E-state index contributed by atoms with van der Waals surface area (Å²) in [7, 11) is 0. The normalized spacial score (nSPS) is 11.0. The van der Waals surface area contributed by atoms with Crippen molar-refractivity contribution in [1.29, 1.82) is 0 Å². The summed E-state index contributed by atoms with van der Waals surface area (Å²) in [5.74, 6) is 0. The Kier molecular flexibility index (Phi) is 4.38. The van der Waals surface area contributed by atoms with Crippen molar-refractivity contribution >= 4 is 6.21 Å². The van der Waals surface area contributed by atoms with E-state index in [0.29, 0.717) is 12.1 Å². The molecular weight excluding hydrogens is 288 g/mol. The molecule has 1 aromatic heterocycles. The smallest absolute Gasteiger partial charge is 0.280 e. The van der Waals surface area contributed by atoms with Crippen LogP contribution in [0.5, 0.6) is 0 Å². The Morgan fingerprint density at radius 2 is 1.74 bits per heavy atom. The van der Waals surface area contributed by atoms with Gasteiger partial charge in [-0.15, -0.1) is 0 Å². The van der Waals surface area contributed by atoms with E-state index in [1.54, 1.807) is 6.21 Å². The van der Waals surface area contributed by atoms with E-state index < -0.39 is 0 Å². The topological polar surface area (TPSA) is 62.2 Å². The quantitative estimate of drug-likeness (QED) is 0.562. The number of aryl methyl sites for hydroxylation is 1. The summed E-state index contributed by atoms with van der Waals surface area (Å²) in [6, 6.07) is 19.4. The molecule has 116 valence electrons. The van der Waals surface area contributed by atoms with E-state index in [-0.39, 0.29) is 5.56 Å². The van der Waals surface area contributed by atoms with Crippen molar-refractivity contribution in [3.05, 3.63) is 87.8 Å². The number of rotatable bonds is 5. The van der Waals surface area contributed by atoms with E-state index in [9.17, 15) is 4.79 Å². The first-order valence-electron chi connectivity index (χ1n) is 7.42. The molecule has 0 saturated carbocycles. The lowest BCUT2D eigenvalue weighted by molar-refractivity contribution is 0.748. The maximum absolute atomic E-state index is 12.5. The molecule has 5 heteroatoms. The molecule has 0 aliphatic carbocycles. The van der Waals surface area contributed by atoms with Crippen LogP contribution in [0, 0.1) is 6.92 Å². The highest BCUT2D eigenvalue weighted by Gasteiger charge is 2.10. The second-order valence-corrected chi connectivity index (χ2v) is 5.21. The standard InChI is InChI=1S/C18H18N4O/c1-14-17(13-20-19-12-15-8-4-2-5-9-15)18(23)22(21-14)16-10-6-3-7-11-16/h2-11,13,19,21H,12H2,1H3/b20-13+. The van der Waals surface area contributed by atoms with Crippen LogP contribution in [0.25, 0.3) is 5.69 Å². The number of H-pyrrole nitrogens is 1. The molecule has 0 fully saturated rings. The Morgan fingerprint density at radius 1 is 1.09 bits per heavy atom. The van der Waals surface area contributed by atoms with Gasteiger partial charge in [-0.3, -0.25) is 9.89 Å². The fourth-order valence-corrected chi connectivity index (χ4v) is 2.31. The highest BCUT2D eigenvalue weighted by molar-refractivity contribution is 5.80. The Morgan fingerprint density at radius 3 is 2.43 bits per heavy atom. The molecule has 0 saturated heterocycles. The highest BCUT2D eigenvalue weighted by atomic mass is 16.1. The average Bonchev–Trinajstić information content (AvgIpc) is 2.88. The minimum Gasteiger partial charge on any atom is -0.306 e. The van der Waals surface area contributed by atoms with E-state index in [2.05, 4.69) is 15.6 Å². The Bertz CT molecular complexity index is 848. The van der Waals surface area contributed by atoms with Crippen LogP contribution in [0.3, 0.4) is 0 Å². The summed E-state index contributed by atoms with van der Waals surface area (Å²) < 4.78 is 1.52. The van der Waals surface area contributed by atoms with Crippen LogP contribution in [0.2, 0.25) is 0 Å². The van der Waals surface area contributed by atoms with Gasteiger partial charge in [0, 0.05) is 5.69 Å². The van der Waals surface area contributed by atoms with Crippen molar-refractivity contribution in [2.75, 3.05) is 0 Å². The number of nitrogens with zero attached hydrogens (tertiary/aromatic N) is 2. The van der Waals surface area contributed by atoms with Gasteiger partial charge >= 0.3 is 0 Å². The monoisotopic (exact) mass is 306 g/mol. The first kappa shape index (κ1) is 14.8. The van der Waals surface area contributed by atoms with Crippen molar-refractivity contribution in [1.82, 2.24) is 15.2 Å². The molecule has 0 spiro atoms. The summed E-state index contributed by atoms with van der Waals surface area (Å²) in [6.07, 6.45) is 1.57. The van der Waals surface area contributed by atoms with Gasteiger partial charge in [-0.25, -0.2) is 4.68 Å². The third-order valence-electron chi connectivity index (χ3n) is 3.54. The highest BCUT2D eigenvalue weighted by Crippen LogP contribution is 2.05. The Balaban J connectivity index is 1.75. The molecule has 5 nitrogen and oxygen atoms in total. The van der Waals surface area contributed by atoms with Gasteiger partial charge in [-0.2, -0.15) is 5.10 Å². The summed E-state index contributed by atoms with van der Waals surface area (Å²) in [5.41, 5.74) is 6.12. The zero-order chi connectivity index (χ0) is 16.1. The maximum atomic E-state index is 12.5. The number of hydrogen-bond acceptors (Lipinski definition) is 3. The molecule has 0 bridgehead atoms. The molecular formula is C18H18N4O. The largest absolute Gasteiger partial charge is 0.306 e. The molecule has 3 aromatic rings. The van der Waals surface area contributed by atoms with Gasteiger partial charge in [0.25, 0.3) is 5.56 Å². The average molecular weight is 306 g/mol. The van der Waals surface area contributed by atoms with Crippen LogP contribution in [-0.2, 0) is 6.54 Å². The third-order valence-corrected chi connectivity index (χ3v) is 3.54. The zero-order valence-corrected chi connectivity index (χ0v) is 12.9. The van der Waals surface area contributed by atoms with Gasteiger partial charge < -0.3 is 5.43 Å². The predicted octanol–water partition coefficient (Wildman–Crippen LogP) is 2.60. The third kappa shape index (κ3) is 3.40. The lowest BCUT2D eigenvalue weighted by Gasteiger charge is -1.99. The van der Waals surface area contributed by atoms with Crippen LogP contribution in [0.15, 0.2) is 70.6 Å². The minimum atomic E-state index is -0.112. The molecule has 0 aliphatic heterocycles. The fraction of sp³-hybridized carbons (Fsp3) is 0.111. The Labute approximate surface area is 134 Å². The van der Waals surface area contributed by atoms with E-state index in [1.165, 1.54) is 4.68 Å².